The van der Waals surface area contributed by atoms with Gasteiger partial charge >= 0.3 is 5.97 Å². The van der Waals surface area contributed by atoms with Crippen molar-refractivity contribution in [3.8, 4) is 10.7 Å². The highest BCUT2D eigenvalue weighted by Gasteiger charge is 2.19. The number of para-hydroxylation sites is 1. The summed E-state index contributed by atoms with van der Waals surface area (Å²) in [7, 11) is 1.32. The van der Waals surface area contributed by atoms with Gasteiger partial charge in [-0.1, -0.05) is 12.1 Å². The van der Waals surface area contributed by atoms with Crippen molar-refractivity contribution in [2.45, 2.75) is 0 Å². The smallest absolute Gasteiger partial charge is 0.337 e. The number of carbonyl (C=O) groups is 2. The molecule has 138 valence electrons. The minimum Gasteiger partial charge on any atom is -0.465 e. The molecule has 0 bridgehead atoms. The molecule has 8 heteroatoms. The molecule has 7 nitrogen and oxygen atoms in total. The number of nitrogens with zero attached hydrogens (tertiary/aromatic N) is 3. The van der Waals surface area contributed by atoms with Crippen LogP contribution < -0.4 is 5.32 Å². The van der Waals surface area contributed by atoms with Crippen LogP contribution >= 0.6 is 11.3 Å². The average Bonchev–Trinajstić information content (AvgIpc) is 3.18. The molecule has 0 aliphatic carbocycles. The van der Waals surface area contributed by atoms with Crippen LogP contribution in [-0.2, 0) is 4.74 Å². The van der Waals surface area contributed by atoms with E-state index in [0.717, 1.165) is 10.2 Å². The molecule has 0 saturated carbocycles. The van der Waals surface area contributed by atoms with Crippen molar-refractivity contribution in [1.29, 1.82) is 0 Å². The van der Waals surface area contributed by atoms with E-state index in [1.807, 2.05) is 24.3 Å². The van der Waals surface area contributed by atoms with Gasteiger partial charge in [0.05, 0.1) is 22.9 Å². The molecule has 0 fully saturated rings. The molecule has 0 aliphatic rings. The molecule has 0 spiro atoms. The van der Waals surface area contributed by atoms with Crippen molar-refractivity contribution >= 4 is 39.1 Å². The zero-order chi connectivity index (χ0) is 19.5. The number of methoxy groups -OCH3 is 1. The molecular formula is C20H14N4O3S. The van der Waals surface area contributed by atoms with Crippen molar-refractivity contribution in [1.82, 2.24) is 15.0 Å². The predicted octanol–water partition coefficient (Wildman–Crippen LogP) is 3.79. The Morgan fingerprint density at radius 1 is 1.00 bits per heavy atom. The zero-order valence-corrected chi connectivity index (χ0v) is 15.6. The van der Waals surface area contributed by atoms with Crippen LogP contribution in [0.2, 0.25) is 0 Å². The lowest BCUT2D eigenvalue weighted by molar-refractivity contribution is 0.0600. The monoisotopic (exact) mass is 390 g/mol. The highest BCUT2D eigenvalue weighted by Crippen LogP contribution is 2.30. The van der Waals surface area contributed by atoms with Gasteiger partial charge in [0.25, 0.3) is 5.91 Å². The minimum absolute atomic E-state index is 0.179. The summed E-state index contributed by atoms with van der Waals surface area (Å²) in [6.07, 6.45) is 3.00. The third kappa shape index (κ3) is 3.45. The molecule has 2 aromatic heterocycles. The van der Waals surface area contributed by atoms with Gasteiger partial charge in [-0.05, 0) is 36.4 Å². The van der Waals surface area contributed by atoms with E-state index < -0.39 is 11.9 Å². The van der Waals surface area contributed by atoms with Gasteiger partial charge in [0.2, 0.25) is 0 Å². The molecule has 2 aromatic carbocycles. The van der Waals surface area contributed by atoms with Gasteiger partial charge in [0.1, 0.15) is 10.7 Å². The number of carbonyl (C=O) groups excluding carboxylic acids is 2. The Kier molecular flexibility index (Phi) is 4.77. The first-order chi connectivity index (χ1) is 13.7. The number of rotatable bonds is 4. The van der Waals surface area contributed by atoms with Crippen molar-refractivity contribution in [3.05, 3.63) is 72.2 Å². The van der Waals surface area contributed by atoms with E-state index in [0.29, 0.717) is 22.0 Å². The zero-order valence-electron chi connectivity index (χ0n) is 14.7. The number of fused-ring (bicyclic) bond motifs is 1. The molecule has 4 aromatic rings. The first kappa shape index (κ1) is 17.7. The number of benzene rings is 2. The summed E-state index contributed by atoms with van der Waals surface area (Å²) in [6, 6.07) is 14.1. The fourth-order valence-corrected chi connectivity index (χ4v) is 3.60. The Morgan fingerprint density at radius 2 is 1.75 bits per heavy atom. The Hall–Kier alpha value is -3.65. The molecule has 0 unspecified atom stereocenters. The number of hydrogen-bond donors (Lipinski definition) is 1. The SMILES string of the molecule is COC(=O)c1ccc(NC(=O)c2nccnc2-c2nc3ccccc3s2)cc1. The number of ether oxygens (including phenoxy) is 1. The fraction of sp³-hybridized carbons (Fsp3) is 0.0500. The number of aromatic nitrogens is 3. The van der Waals surface area contributed by atoms with E-state index in [1.165, 1.54) is 30.8 Å². The van der Waals surface area contributed by atoms with Gasteiger partial charge in [-0.3, -0.25) is 4.79 Å². The molecule has 0 aliphatic heterocycles. The highest BCUT2D eigenvalue weighted by molar-refractivity contribution is 7.21. The Bertz CT molecular complexity index is 1140. The topological polar surface area (TPSA) is 94.1 Å². The molecule has 2 heterocycles. The lowest BCUT2D eigenvalue weighted by atomic mass is 10.2. The van der Waals surface area contributed by atoms with Crippen LogP contribution in [0.3, 0.4) is 0 Å². The molecular weight excluding hydrogens is 376 g/mol. The average molecular weight is 390 g/mol. The van der Waals surface area contributed by atoms with Gasteiger partial charge in [-0.25, -0.2) is 19.7 Å². The normalized spacial score (nSPS) is 10.6. The summed E-state index contributed by atoms with van der Waals surface area (Å²) in [4.78, 5) is 37.4. The molecule has 4 rings (SSSR count). The second-order valence-electron chi connectivity index (χ2n) is 5.76. The molecule has 0 atom stereocenters. The summed E-state index contributed by atoms with van der Waals surface area (Å²) >= 11 is 1.45. The first-order valence-electron chi connectivity index (χ1n) is 8.32. The fourth-order valence-electron chi connectivity index (χ4n) is 2.63. The number of esters is 1. The van der Waals surface area contributed by atoms with Gasteiger partial charge in [-0.2, -0.15) is 0 Å². The van der Waals surface area contributed by atoms with Crippen LogP contribution in [0.5, 0.6) is 0 Å². The third-order valence-electron chi connectivity index (χ3n) is 3.97. The lowest BCUT2D eigenvalue weighted by Crippen LogP contribution is -2.15. The Labute approximate surface area is 164 Å². The second kappa shape index (κ2) is 7.53. The minimum atomic E-state index is -0.440. The van der Waals surface area contributed by atoms with E-state index in [-0.39, 0.29) is 5.69 Å². The summed E-state index contributed by atoms with van der Waals surface area (Å²) in [5.74, 6) is -0.849. The summed E-state index contributed by atoms with van der Waals surface area (Å²) in [6.45, 7) is 0. The van der Waals surface area contributed by atoms with Crippen LogP contribution in [-0.4, -0.2) is 33.9 Å². The number of nitrogens with one attached hydrogen (secondary N) is 1. The van der Waals surface area contributed by atoms with Gasteiger partial charge in [0, 0.05) is 18.1 Å². The van der Waals surface area contributed by atoms with Crippen LogP contribution in [0.4, 0.5) is 5.69 Å². The maximum atomic E-state index is 12.8. The van der Waals surface area contributed by atoms with E-state index in [2.05, 4.69) is 25.0 Å². The van der Waals surface area contributed by atoms with E-state index in [4.69, 9.17) is 0 Å². The molecule has 1 N–H and O–H groups in total. The first-order valence-corrected chi connectivity index (χ1v) is 9.14. The quantitative estimate of drug-likeness (QED) is 0.533. The van der Waals surface area contributed by atoms with E-state index in [9.17, 15) is 9.59 Å². The van der Waals surface area contributed by atoms with Crippen LogP contribution in [0.1, 0.15) is 20.8 Å². The number of amides is 1. The van der Waals surface area contributed by atoms with Gasteiger partial charge < -0.3 is 10.1 Å². The second-order valence-corrected chi connectivity index (χ2v) is 6.79. The van der Waals surface area contributed by atoms with Crippen LogP contribution in [0, 0.1) is 0 Å². The summed E-state index contributed by atoms with van der Waals surface area (Å²) < 4.78 is 5.67. The van der Waals surface area contributed by atoms with Gasteiger partial charge in [0.15, 0.2) is 5.69 Å². The van der Waals surface area contributed by atoms with E-state index >= 15 is 0 Å². The largest absolute Gasteiger partial charge is 0.465 e. The van der Waals surface area contributed by atoms with Crippen molar-refractivity contribution in [2.75, 3.05) is 12.4 Å². The number of hydrogen-bond acceptors (Lipinski definition) is 7. The Balaban J connectivity index is 1.62. The van der Waals surface area contributed by atoms with Crippen LogP contribution in [0.15, 0.2) is 60.9 Å². The molecule has 0 saturated heterocycles. The van der Waals surface area contributed by atoms with Crippen molar-refractivity contribution in [2.24, 2.45) is 0 Å². The van der Waals surface area contributed by atoms with Crippen LogP contribution in [0.25, 0.3) is 20.9 Å². The molecule has 28 heavy (non-hydrogen) atoms. The standard InChI is InChI=1S/C20H14N4O3S/c1-27-20(26)12-6-8-13(9-7-12)23-18(25)16-17(22-11-10-21-16)19-24-14-4-2-3-5-15(14)28-19/h2-11H,1H3,(H,23,25). The summed E-state index contributed by atoms with van der Waals surface area (Å²) in [5, 5.41) is 3.40. The molecule has 0 radical (unpaired) electrons. The third-order valence-corrected chi connectivity index (χ3v) is 5.02. The maximum absolute atomic E-state index is 12.8. The maximum Gasteiger partial charge on any atom is 0.337 e. The van der Waals surface area contributed by atoms with Crippen molar-refractivity contribution < 1.29 is 14.3 Å². The van der Waals surface area contributed by atoms with Crippen molar-refractivity contribution in [3.63, 3.8) is 0 Å². The number of anilines is 1. The number of thiazole rings is 1. The van der Waals surface area contributed by atoms with E-state index in [1.54, 1.807) is 24.3 Å². The lowest BCUT2D eigenvalue weighted by Gasteiger charge is -2.07. The predicted molar refractivity (Wildman–Crippen MR) is 106 cm³/mol. The van der Waals surface area contributed by atoms with Gasteiger partial charge in [-0.15, -0.1) is 11.3 Å². The summed E-state index contributed by atoms with van der Waals surface area (Å²) in [5.41, 5.74) is 2.37. The Morgan fingerprint density at radius 3 is 2.50 bits per heavy atom. The highest BCUT2D eigenvalue weighted by atomic mass is 32.1. The molecule has 1 amide bonds.